The van der Waals surface area contributed by atoms with E-state index >= 15 is 0 Å². The number of carbonyl (C=O) groups excluding carboxylic acids is 1. The van der Waals surface area contributed by atoms with Crippen molar-refractivity contribution in [2.24, 2.45) is 5.92 Å². The molecule has 10 heteroatoms. The maximum absolute atomic E-state index is 12.6. The fourth-order valence-corrected chi connectivity index (χ4v) is 5.52. The number of nitro groups is 1. The number of piperidine rings is 1. The van der Waals surface area contributed by atoms with Gasteiger partial charge in [0.1, 0.15) is 4.21 Å². The van der Waals surface area contributed by atoms with Gasteiger partial charge < -0.3 is 5.32 Å². The van der Waals surface area contributed by atoms with E-state index in [1.165, 1.54) is 22.5 Å². The molecule has 8 nitrogen and oxygen atoms in total. The Balaban J connectivity index is 1.70. The van der Waals surface area contributed by atoms with Crippen molar-refractivity contribution in [3.05, 3.63) is 51.9 Å². The largest absolute Gasteiger partial charge is 0.326 e. The zero-order chi connectivity index (χ0) is 18.7. The van der Waals surface area contributed by atoms with Crippen molar-refractivity contribution in [3.63, 3.8) is 0 Å². The number of hydrogen-bond donors (Lipinski definition) is 1. The second kappa shape index (κ2) is 7.52. The van der Waals surface area contributed by atoms with Crippen LogP contribution in [-0.2, 0) is 14.8 Å². The summed E-state index contributed by atoms with van der Waals surface area (Å²) in [7, 11) is -3.59. The van der Waals surface area contributed by atoms with Crippen LogP contribution in [0.5, 0.6) is 0 Å². The van der Waals surface area contributed by atoms with E-state index in [0.29, 0.717) is 25.1 Å². The summed E-state index contributed by atoms with van der Waals surface area (Å²) in [5.74, 6) is -0.839. The summed E-state index contributed by atoms with van der Waals surface area (Å²) < 4.78 is 26.8. The topological polar surface area (TPSA) is 110 Å². The van der Waals surface area contributed by atoms with Crippen molar-refractivity contribution < 1.29 is 18.1 Å². The van der Waals surface area contributed by atoms with Gasteiger partial charge in [0.15, 0.2) is 0 Å². The van der Waals surface area contributed by atoms with Crippen LogP contribution in [0.15, 0.2) is 46.0 Å². The van der Waals surface area contributed by atoms with Gasteiger partial charge in [0.05, 0.1) is 10.8 Å². The first-order chi connectivity index (χ1) is 12.4. The summed E-state index contributed by atoms with van der Waals surface area (Å²) >= 11 is 1.15. The quantitative estimate of drug-likeness (QED) is 0.618. The second-order valence-electron chi connectivity index (χ2n) is 5.93. The molecule has 0 bridgehead atoms. The van der Waals surface area contributed by atoms with Crippen molar-refractivity contribution in [2.45, 2.75) is 17.1 Å². The van der Waals surface area contributed by atoms with E-state index in [4.69, 9.17) is 0 Å². The van der Waals surface area contributed by atoms with Crippen LogP contribution < -0.4 is 5.32 Å². The van der Waals surface area contributed by atoms with E-state index in [1.54, 1.807) is 23.6 Å². The zero-order valence-electron chi connectivity index (χ0n) is 13.7. The molecule has 1 fully saturated rings. The Morgan fingerprint density at radius 2 is 2.12 bits per heavy atom. The van der Waals surface area contributed by atoms with Crippen LogP contribution >= 0.6 is 11.3 Å². The summed E-state index contributed by atoms with van der Waals surface area (Å²) in [6.07, 6.45) is 1.15. The Hall–Kier alpha value is -2.30. The van der Waals surface area contributed by atoms with Gasteiger partial charge in [-0.2, -0.15) is 4.31 Å². The van der Waals surface area contributed by atoms with Gasteiger partial charge in [-0.05, 0) is 30.4 Å². The molecule has 1 aromatic heterocycles. The molecular formula is C16H17N3O5S2. The molecule has 1 aromatic carbocycles. The summed E-state index contributed by atoms with van der Waals surface area (Å²) in [5, 5.41) is 15.2. The summed E-state index contributed by atoms with van der Waals surface area (Å²) in [5.41, 5.74) is 0.204. The number of hydrogen-bond acceptors (Lipinski definition) is 6. The van der Waals surface area contributed by atoms with E-state index in [2.05, 4.69) is 5.32 Å². The predicted octanol–water partition coefficient (Wildman–Crippen LogP) is 2.70. The molecule has 2 heterocycles. The van der Waals surface area contributed by atoms with Crippen LogP contribution in [-0.4, -0.2) is 36.6 Å². The standard InChI is InChI=1S/C16H17N3O5S2/c20-16(17-13-5-1-6-14(10-13)19(21)22)12-4-2-8-18(11-12)26(23,24)15-7-3-9-25-15/h1,3,5-7,9-10,12H,2,4,8,11H2,(H,17,20)/t12-/m0/s1. The van der Waals surface area contributed by atoms with E-state index < -0.39 is 20.9 Å². The van der Waals surface area contributed by atoms with E-state index in [0.717, 1.165) is 11.3 Å². The van der Waals surface area contributed by atoms with E-state index in [9.17, 15) is 23.3 Å². The monoisotopic (exact) mass is 395 g/mol. The number of rotatable bonds is 5. The van der Waals surface area contributed by atoms with Crippen LogP contribution in [0.3, 0.4) is 0 Å². The number of benzene rings is 1. The lowest BCUT2D eigenvalue weighted by molar-refractivity contribution is -0.384. The molecule has 1 aliphatic rings. The fraction of sp³-hybridized carbons (Fsp3) is 0.312. The third-order valence-corrected chi connectivity index (χ3v) is 7.41. The molecule has 1 atom stereocenters. The van der Waals surface area contributed by atoms with Crippen LogP contribution in [0.25, 0.3) is 0 Å². The highest BCUT2D eigenvalue weighted by Crippen LogP contribution is 2.27. The molecule has 2 aromatic rings. The Morgan fingerprint density at radius 3 is 2.81 bits per heavy atom. The Labute approximate surface area is 154 Å². The Morgan fingerprint density at radius 1 is 1.31 bits per heavy atom. The molecule has 0 aliphatic carbocycles. The van der Waals surface area contributed by atoms with E-state index in [1.807, 2.05) is 0 Å². The van der Waals surface area contributed by atoms with Gasteiger partial charge in [0, 0.05) is 30.9 Å². The lowest BCUT2D eigenvalue weighted by atomic mass is 9.98. The number of amides is 1. The maximum atomic E-state index is 12.6. The molecule has 1 N–H and O–H groups in total. The molecule has 1 aliphatic heterocycles. The molecule has 138 valence electrons. The molecule has 26 heavy (non-hydrogen) atoms. The summed E-state index contributed by atoms with van der Waals surface area (Å²) in [6, 6.07) is 8.89. The number of nitrogens with one attached hydrogen (secondary N) is 1. The van der Waals surface area contributed by atoms with Crippen molar-refractivity contribution in [1.29, 1.82) is 0 Å². The second-order valence-corrected chi connectivity index (χ2v) is 9.04. The number of nitro benzene ring substituents is 1. The number of anilines is 1. The molecular weight excluding hydrogens is 378 g/mol. The number of thiophene rings is 1. The zero-order valence-corrected chi connectivity index (χ0v) is 15.3. The molecule has 0 unspecified atom stereocenters. The minimum atomic E-state index is -3.59. The third-order valence-electron chi connectivity index (χ3n) is 4.17. The van der Waals surface area contributed by atoms with Gasteiger partial charge in [0.2, 0.25) is 5.91 Å². The SMILES string of the molecule is O=C(Nc1cccc([N+](=O)[O-])c1)[C@H]1CCCN(S(=O)(=O)c2cccs2)C1. The fourth-order valence-electron chi connectivity index (χ4n) is 2.85. The first-order valence-corrected chi connectivity index (χ1v) is 10.3. The van der Waals surface area contributed by atoms with Gasteiger partial charge in [-0.15, -0.1) is 11.3 Å². The summed E-state index contributed by atoms with van der Waals surface area (Å²) in [6.45, 7) is 0.474. The third kappa shape index (κ3) is 3.92. The van der Waals surface area contributed by atoms with Crippen LogP contribution in [0.1, 0.15) is 12.8 Å². The van der Waals surface area contributed by atoms with Crippen molar-refractivity contribution >= 4 is 38.6 Å². The van der Waals surface area contributed by atoms with Crippen LogP contribution in [0, 0.1) is 16.0 Å². The number of carbonyl (C=O) groups is 1. The number of sulfonamides is 1. The van der Waals surface area contributed by atoms with Crippen molar-refractivity contribution in [3.8, 4) is 0 Å². The van der Waals surface area contributed by atoms with E-state index in [-0.39, 0.29) is 22.3 Å². The van der Waals surface area contributed by atoms with Gasteiger partial charge in [-0.1, -0.05) is 12.1 Å². The highest BCUT2D eigenvalue weighted by Gasteiger charge is 2.33. The maximum Gasteiger partial charge on any atom is 0.271 e. The highest BCUT2D eigenvalue weighted by molar-refractivity contribution is 7.91. The average molecular weight is 395 g/mol. The van der Waals surface area contributed by atoms with Gasteiger partial charge >= 0.3 is 0 Å². The molecule has 3 rings (SSSR count). The molecule has 0 saturated carbocycles. The molecule has 1 saturated heterocycles. The molecule has 1 amide bonds. The highest BCUT2D eigenvalue weighted by atomic mass is 32.2. The lowest BCUT2D eigenvalue weighted by Crippen LogP contribution is -2.43. The lowest BCUT2D eigenvalue weighted by Gasteiger charge is -2.30. The molecule has 0 radical (unpaired) electrons. The first kappa shape index (κ1) is 18.5. The van der Waals surface area contributed by atoms with Gasteiger partial charge in [-0.3, -0.25) is 14.9 Å². The van der Waals surface area contributed by atoms with Crippen molar-refractivity contribution in [1.82, 2.24) is 4.31 Å². The normalized spacial score (nSPS) is 18.4. The van der Waals surface area contributed by atoms with Crippen LogP contribution in [0.4, 0.5) is 11.4 Å². The Bertz CT molecular complexity index is 912. The average Bonchev–Trinajstić information content (AvgIpc) is 3.17. The number of non-ortho nitro benzene ring substituents is 1. The molecule has 0 spiro atoms. The number of nitrogens with zero attached hydrogens (tertiary/aromatic N) is 2. The minimum Gasteiger partial charge on any atom is -0.326 e. The smallest absolute Gasteiger partial charge is 0.271 e. The predicted molar refractivity (Wildman–Crippen MR) is 97.5 cm³/mol. The summed E-state index contributed by atoms with van der Waals surface area (Å²) in [4.78, 5) is 22.8. The van der Waals surface area contributed by atoms with Crippen LogP contribution in [0.2, 0.25) is 0 Å². The van der Waals surface area contributed by atoms with Gasteiger partial charge in [-0.25, -0.2) is 8.42 Å². The minimum absolute atomic E-state index is 0.0982. The van der Waals surface area contributed by atoms with Gasteiger partial charge in [0.25, 0.3) is 15.7 Å². The Kier molecular flexibility index (Phi) is 5.35. The van der Waals surface area contributed by atoms with Crippen molar-refractivity contribution in [2.75, 3.05) is 18.4 Å². The first-order valence-electron chi connectivity index (χ1n) is 7.97.